The van der Waals surface area contributed by atoms with Crippen LogP contribution in [-0.4, -0.2) is 53.1 Å². The summed E-state index contributed by atoms with van der Waals surface area (Å²) in [6.45, 7) is 2.93. The van der Waals surface area contributed by atoms with Crippen molar-refractivity contribution in [2.45, 2.75) is 26.1 Å². The summed E-state index contributed by atoms with van der Waals surface area (Å²) in [4.78, 5) is 35.9. The minimum atomic E-state index is -1.18. The van der Waals surface area contributed by atoms with E-state index >= 15 is 0 Å². The molecule has 0 bridgehead atoms. The molecule has 2 N–H and O–H groups in total. The third kappa shape index (κ3) is 4.04. The summed E-state index contributed by atoms with van der Waals surface area (Å²) in [6.07, 6.45) is -1.63. The highest BCUT2D eigenvalue weighted by atomic mass is 19.1. The van der Waals surface area contributed by atoms with Crippen molar-refractivity contribution in [3.63, 3.8) is 0 Å². The Balaban J connectivity index is 2.25. The van der Waals surface area contributed by atoms with Crippen LogP contribution in [0.4, 0.5) is 10.1 Å². The highest BCUT2D eigenvalue weighted by molar-refractivity contribution is 5.97. The summed E-state index contributed by atoms with van der Waals surface area (Å²) in [6, 6.07) is 3.65. The molecule has 0 aromatic heterocycles. The standard InChI is InChI=1S/C15H17FN2O5/c1-8-6-18(7-13(23-8)15(21)22)14(20)11-5-10(17-9(2)19)3-4-12(11)16/h3-5,8,13H,6-7H2,1-2H3,(H,17,19)(H,21,22)/t8-,13?/m1/s1. The Morgan fingerprint density at radius 2 is 2.04 bits per heavy atom. The number of anilines is 1. The Morgan fingerprint density at radius 1 is 1.35 bits per heavy atom. The number of carbonyl (C=O) groups is 3. The summed E-state index contributed by atoms with van der Waals surface area (Å²) in [5.74, 6) is -2.91. The molecule has 23 heavy (non-hydrogen) atoms. The second-order valence-electron chi connectivity index (χ2n) is 5.36. The average Bonchev–Trinajstić information content (AvgIpc) is 2.47. The predicted molar refractivity (Wildman–Crippen MR) is 78.6 cm³/mol. The van der Waals surface area contributed by atoms with Gasteiger partial charge in [-0.25, -0.2) is 9.18 Å². The molecule has 8 heteroatoms. The van der Waals surface area contributed by atoms with Crippen molar-refractivity contribution in [1.82, 2.24) is 4.90 Å². The number of amides is 2. The number of nitrogens with one attached hydrogen (secondary N) is 1. The van der Waals surface area contributed by atoms with Crippen LogP contribution in [0.15, 0.2) is 18.2 Å². The fraction of sp³-hybridized carbons (Fsp3) is 0.400. The van der Waals surface area contributed by atoms with Crippen LogP contribution in [0.25, 0.3) is 0 Å². The van der Waals surface area contributed by atoms with E-state index in [1.54, 1.807) is 6.92 Å². The molecule has 2 atom stereocenters. The largest absolute Gasteiger partial charge is 0.479 e. The zero-order valence-corrected chi connectivity index (χ0v) is 12.7. The van der Waals surface area contributed by atoms with Gasteiger partial charge < -0.3 is 20.1 Å². The summed E-state index contributed by atoms with van der Waals surface area (Å²) >= 11 is 0. The molecule has 0 spiro atoms. The van der Waals surface area contributed by atoms with Gasteiger partial charge in [-0.2, -0.15) is 0 Å². The lowest BCUT2D eigenvalue weighted by Gasteiger charge is -2.35. The van der Waals surface area contributed by atoms with Crippen LogP contribution in [0.5, 0.6) is 0 Å². The molecular weight excluding hydrogens is 307 g/mol. The van der Waals surface area contributed by atoms with Gasteiger partial charge >= 0.3 is 5.97 Å². The number of hydrogen-bond donors (Lipinski definition) is 2. The lowest BCUT2D eigenvalue weighted by molar-refractivity contribution is -0.160. The number of carbonyl (C=O) groups excluding carboxylic acids is 2. The number of hydrogen-bond acceptors (Lipinski definition) is 4. The van der Waals surface area contributed by atoms with Crippen molar-refractivity contribution < 1.29 is 28.6 Å². The molecule has 1 aliphatic rings. The van der Waals surface area contributed by atoms with Crippen molar-refractivity contribution in [3.05, 3.63) is 29.6 Å². The molecule has 1 unspecified atom stereocenters. The molecular formula is C15H17FN2O5. The van der Waals surface area contributed by atoms with Crippen LogP contribution in [0, 0.1) is 5.82 Å². The molecule has 1 aromatic rings. The summed E-state index contributed by atoms with van der Waals surface area (Å²) in [7, 11) is 0. The molecule has 0 saturated carbocycles. The molecule has 1 heterocycles. The van der Waals surface area contributed by atoms with Gasteiger partial charge in [0, 0.05) is 19.2 Å². The maximum absolute atomic E-state index is 14.0. The lowest BCUT2D eigenvalue weighted by Crippen LogP contribution is -2.51. The monoisotopic (exact) mass is 324 g/mol. The van der Waals surface area contributed by atoms with Crippen molar-refractivity contribution in [2.24, 2.45) is 0 Å². The van der Waals surface area contributed by atoms with Crippen LogP contribution in [0.1, 0.15) is 24.2 Å². The first-order valence-corrected chi connectivity index (χ1v) is 7.02. The van der Waals surface area contributed by atoms with Gasteiger partial charge in [0.15, 0.2) is 6.10 Å². The van der Waals surface area contributed by atoms with Gasteiger partial charge in [0.25, 0.3) is 5.91 Å². The second kappa shape index (κ2) is 6.74. The molecule has 0 aliphatic carbocycles. The number of rotatable bonds is 3. The van der Waals surface area contributed by atoms with Gasteiger partial charge in [-0.05, 0) is 25.1 Å². The van der Waals surface area contributed by atoms with Gasteiger partial charge in [0.1, 0.15) is 5.82 Å². The van der Waals surface area contributed by atoms with Gasteiger partial charge in [0.05, 0.1) is 18.2 Å². The maximum atomic E-state index is 14.0. The highest BCUT2D eigenvalue weighted by Crippen LogP contribution is 2.20. The first-order chi connectivity index (χ1) is 10.8. The minimum absolute atomic E-state index is 0.159. The maximum Gasteiger partial charge on any atom is 0.334 e. The normalized spacial score (nSPS) is 20.9. The molecule has 1 aromatic carbocycles. The van der Waals surface area contributed by atoms with Gasteiger partial charge in [0.2, 0.25) is 5.91 Å². The third-order valence-corrected chi connectivity index (χ3v) is 3.34. The van der Waals surface area contributed by atoms with Crippen LogP contribution < -0.4 is 5.32 Å². The Hall–Kier alpha value is -2.48. The van der Waals surface area contributed by atoms with Crippen molar-refractivity contribution >= 4 is 23.5 Å². The van der Waals surface area contributed by atoms with Gasteiger partial charge in [-0.1, -0.05) is 0 Å². The molecule has 1 saturated heterocycles. The fourth-order valence-electron chi connectivity index (χ4n) is 2.39. The lowest BCUT2D eigenvalue weighted by atomic mass is 10.1. The van der Waals surface area contributed by atoms with Gasteiger partial charge in [-0.15, -0.1) is 0 Å². The van der Waals surface area contributed by atoms with Crippen LogP contribution in [0.3, 0.4) is 0 Å². The number of nitrogens with zero attached hydrogens (tertiary/aromatic N) is 1. The number of carboxylic acid groups (broad SMARTS) is 1. The topological polar surface area (TPSA) is 95.9 Å². The minimum Gasteiger partial charge on any atom is -0.479 e. The molecule has 0 radical (unpaired) electrons. The van der Waals surface area contributed by atoms with Crippen molar-refractivity contribution in [2.75, 3.05) is 18.4 Å². The van der Waals surface area contributed by atoms with Crippen LogP contribution >= 0.6 is 0 Å². The van der Waals surface area contributed by atoms with E-state index in [1.165, 1.54) is 24.0 Å². The van der Waals surface area contributed by atoms with E-state index in [4.69, 9.17) is 9.84 Å². The van der Waals surface area contributed by atoms with E-state index in [0.717, 1.165) is 6.07 Å². The summed E-state index contributed by atoms with van der Waals surface area (Å²) < 4.78 is 19.2. The summed E-state index contributed by atoms with van der Waals surface area (Å²) in [5.41, 5.74) is 0.0628. The Kier molecular flexibility index (Phi) is 4.95. The van der Waals surface area contributed by atoms with Crippen molar-refractivity contribution in [3.8, 4) is 0 Å². The number of morpholine rings is 1. The molecule has 1 fully saturated rings. The number of halogens is 1. The van der Waals surface area contributed by atoms with E-state index < -0.39 is 29.9 Å². The first-order valence-electron chi connectivity index (χ1n) is 7.02. The van der Waals surface area contributed by atoms with Gasteiger partial charge in [-0.3, -0.25) is 9.59 Å². The molecule has 1 aliphatic heterocycles. The predicted octanol–water partition coefficient (Wildman–Crippen LogP) is 1.10. The van der Waals surface area contributed by atoms with E-state index in [-0.39, 0.29) is 24.6 Å². The average molecular weight is 324 g/mol. The molecule has 2 amide bonds. The number of carboxylic acids is 1. The van der Waals surface area contributed by atoms with E-state index in [0.29, 0.717) is 5.69 Å². The quantitative estimate of drug-likeness (QED) is 0.868. The first kappa shape index (κ1) is 16.9. The van der Waals surface area contributed by atoms with E-state index in [9.17, 15) is 18.8 Å². The Morgan fingerprint density at radius 3 is 2.65 bits per heavy atom. The number of ether oxygens (including phenoxy) is 1. The highest BCUT2D eigenvalue weighted by Gasteiger charge is 2.33. The Labute approximate surface area is 132 Å². The molecule has 2 rings (SSSR count). The molecule has 7 nitrogen and oxygen atoms in total. The zero-order valence-electron chi connectivity index (χ0n) is 12.7. The van der Waals surface area contributed by atoms with Crippen LogP contribution in [-0.2, 0) is 14.3 Å². The van der Waals surface area contributed by atoms with E-state index in [1.807, 2.05) is 0 Å². The SMILES string of the molecule is CC(=O)Nc1ccc(F)c(C(=O)N2CC(C(=O)O)O[C@H](C)C2)c1. The number of benzene rings is 1. The van der Waals surface area contributed by atoms with E-state index in [2.05, 4.69) is 5.32 Å². The number of aliphatic carboxylic acids is 1. The fourth-order valence-corrected chi connectivity index (χ4v) is 2.39. The second-order valence-corrected chi connectivity index (χ2v) is 5.36. The van der Waals surface area contributed by atoms with Crippen LogP contribution in [0.2, 0.25) is 0 Å². The third-order valence-electron chi connectivity index (χ3n) is 3.34. The zero-order chi connectivity index (χ0) is 17.1. The summed E-state index contributed by atoms with van der Waals surface area (Å²) in [5, 5.41) is 11.5. The van der Waals surface area contributed by atoms with Crippen molar-refractivity contribution in [1.29, 1.82) is 0 Å². The Bertz CT molecular complexity index is 649. The molecule has 124 valence electrons. The smallest absolute Gasteiger partial charge is 0.334 e.